The first-order valence-corrected chi connectivity index (χ1v) is 8.77. The molecule has 0 saturated carbocycles. The fourth-order valence-corrected chi connectivity index (χ4v) is 3.62. The molecule has 2 aromatic rings. The Morgan fingerprint density at radius 1 is 1.11 bits per heavy atom. The Hall–Kier alpha value is -3.13. The Morgan fingerprint density at radius 3 is 2.68 bits per heavy atom. The number of cyclic esters (lactones) is 1. The van der Waals surface area contributed by atoms with Crippen molar-refractivity contribution in [3.05, 3.63) is 41.5 Å². The summed E-state index contributed by atoms with van der Waals surface area (Å²) in [7, 11) is 1.35. The lowest BCUT2D eigenvalue weighted by atomic mass is 9.80. The Morgan fingerprint density at radius 2 is 1.89 bits per heavy atom. The fraction of sp³-hybridized carbons (Fsp3) is 0.350. The maximum Gasteiger partial charge on any atom is 0.338 e. The molecule has 2 aliphatic rings. The van der Waals surface area contributed by atoms with Crippen molar-refractivity contribution in [1.82, 2.24) is 0 Å². The van der Waals surface area contributed by atoms with Gasteiger partial charge in [-0.2, -0.15) is 0 Å². The highest BCUT2D eigenvalue weighted by Gasteiger charge is 2.51. The minimum Gasteiger partial charge on any atom is -0.504 e. The van der Waals surface area contributed by atoms with Gasteiger partial charge in [0.05, 0.1) is 13.7 Å². The van der Waals surface area contributed by atoms with Crippen LogP contribution in [0.15, 0.2) is 30.3 Å². The third-order valence-corrected chi connectivity index (χ3v) is 5.17. The summed E-state index contributed by atoms with van der Waals surface area (Å²) >= 11 is 0. The number of ether oxygens (including phenoxy) is 4. The number of methoxy groups -OCH3 is 1. The number of hydrogen-bond donors (Lipinski definition) is 3. The van der Waals surface area contributed by atoms with Crippen LogP contribution in [0.5, 0.6) is 28.7 Å². The summed E-state index contributed by atoms with van der Waals surface area (Å²) in [6.07, 6.45) is 0.297. The van der Waals surface area contributed by atoms with E-state index in [4.69, 9.17) is 18.9 Å². The van der Waals surface area contributed by atoms with Crippen LogP contribution in [0.1, 0.15) is 11.1 Å². The van der Waals surface area contributed by atoms with Crippen molar-refractivity contribution in [2.75, 3.05) is 20.5 Å². The van der Waals surface area contributed by atoms with Crippen LogP contribution in [0.3, 0.4) is 0 Å². The molecule has 0 spiro atoms. The standard InChI is InChI=1S/C20H20O8/c1-25-17-7-12(5-14(21)18(17)22)8-20(24)13(9-26-19(20)23)4-11-2-3-15-16(6-11)28-10-27-15/h2-3,5-7,13,21-22,24H,4,8-10H2,1H3/t13-,20-/m0/s1. The van der Waals surface area contributed by atoms with Gasteiger partial charge in [-0.05, 0) is 41.8 Å². The molecular formula is C20H20O8. The number of esters is 1. The Kier molecular flexibility index (Phi) is 4.43. The van der Waals surface area contributed by atoms with Crippen LogP contribution < -0.4 is 14.2 Å². The molecule has 0 aliphatic carbocycles. The van der Waals surface area contributed by atoms with Gasteiger partial charge in [0, 0.05) is 12.3 Å². The zero-order valence-electron chi connectivity index (χ0n) is 15.2. The second kappa shape index (κ2) is 6.79. The molecule has 8 heteroatoms. The van der Waals surface area contributed by atoms with Gasteiger partial charge in [-0.15, -0.1) is 0 Å². The van der Waals surface area contributed by atoms with Crippen molar-refractivity contribution >= 4 is 5.97 Å². The number of aromatic hydroxyl groups is 2. The van der Waals surface area contributed by atoms with E-state index in [0.29, 0.717) is 23.5 Å². The number of phenolic OH excluding ortho intramolecular Hbond substituents is 2. The van der Waals surface area contributed by atoms with Gasteiger partial charge in [0.15, 0.2) is 28.6 Å². The zero-order valence-corrected chi connectivity index (χ0v) is 15.2. The lowest BCUT2D eigenvalue weighted by Gasteiger charge is -2.26. The number of hydrogen-bond acceptors (Lipinski definition) is 8. The van der Waals surface area contributed by atoms with Crippen molar-refractivity contribution in [2.45, 2.75) is 18.4 Å². The maximum atomic E-state index is 12.3. The van der Waals surface area contributed by atoms with Gasteiger partial charge in [-0.25, -0.2) is 4.79 Å². The smallest absolute Gasteiger partial charge is 0.338 e. The van der Waals surface area contributed by atoms with E-state index in [-0.39, 0.29) is 25.6 Å². The van der Waals surface area contributed by atoms with E-state index < -0.39 is 29.0 Å². The predicted molar refractivity (Wildman–Crippen MR) is 95.7 cm³/mol. The van der Waals surface area contributed by atoms with Gasteiger partial charge >= 0.3 is 5.97 Å². The summed E-state index contributed by atoms with van der Waals surface area (Å²) in [5, 5.41) is 30.8. The highest BCUT2D eigenvalue weighted by Crippen LogP contribution is 2.40. The van der Waals surface area contributed by atoms with Crippen LogP contribution in [-0.2, 0) is 22.4 Å². The molecule has 0 aromatic heterocycles. The fourth-order valence-electron chi connectivity index (χ4n) is 3.62. The SMILES string of the molecule is COc1cc(C[C@@]2(O)C(=O)OC[C@@H]2Cc2ccc3c(c2)OCO3)cc(O)c1O. The van der Waals surface area contributed by atoms with Crippen LogP contribution in [-0.4, -0.2) is 47.4 Å². The van der Waals surface area contributed by atoms with Gasteiger partial charge in [0.2, 0.25) is 12.5 Å². The first-order valence-electron chi connectivity index (χ1n) is 8.77. The zero-order chi connectivity index (χ0) is 19.9. The van der Waals surface area contributed by atoms with Gasteiger partial charge in [-0.1, -0.05) is 6.07 Å². The number of rotatable bonds is 5. The maximum absolute atomic E-state index is 12.3. The lowest BCUT2D eigenvalue weighted by molar-refractivity contribution is -0.154. The quantitative estimate of drug-likeness (QED) is 0.522. The monoisotopic (exact) mass is 388 g/mol. The van der Waals surface area contributed by atoms with Gasteiger partial charge in [-0.3, -0.25) is 0 Å². The van der Waals surface area contributed by atoms with Gasteiger partial charge in [0.1, 0.15) is 0 Å². The van der Waals surface area contributed by atoms with E-state index in [2.05, 4.69) is 0 Å². The highest BCUT2D eigenvalue weighted by molar-refractivity contribution is 5.82. The first-order chi connectivity index (χ1) is 13.4. The van der Waals surface area contributed by atoms with E-state index >= 15 is 0 Å². The average Bonchev–Trinajstić information content (AvgIpc) is 3.24. The third-order valence-electron chi connectivity index (χ3n) is 5.17. The number of carbonyl (C=O) groups excluding carboxylic acids is 1. The molecule has 2 atom stereocenters. The molecule has 148 valence electrons. The molecule has 28 heavy (non-hydrogen) atoms. The largest absolute Gasteiger partial charge is 0.504 e. The average molecular weight is 388 g/mol. The molecule has 0 bridgehead atoms. The molecule has 0 unspecified atom stereocenters. The van der Waals surface area contributed by atoms with E-state index in [1.807, 2.05) is 12.1 Å². The van der Waals surface area contributed by atoms with Crippen LogP contribution in [0.2, 0.25) is 0 Å². The predicted octanol–water partition coefficient (Wildman–Crippen LogP) is 1.52. The number of benzene rings is 2. The van der Waals surface area contributed by atoms with E-state index in [0.717, 1.165) is 5.56 Å². The molecule has 4 rings (SSSR count). The van der Waals surface area contributed by atoms with E-state index in [1.165, 1.54) is 19.2 Å². The topological polar surface area (TPSA) is 115 Å². The molecule has 0 amide bonds. The van der Waals surface area contributed by atoms with Crippen molar-refractivity contribution in [3.63, 3.8) is 0 Å². The van der Waals surface area contributed by atoms with Crippen LogP contribution in [0.25, 0.3) is 0 Å². The Bertz CT molecular complexity index is 925. The van der Waals surface area contributed by atoms with Crippen molar-refractivity contribution in [2.24, 2.45) is 5.92 Å². The third kappa shape index (κ3) is 3.05. The summed E-state index contributed by atoms with van der Waals surface area (Å²) in [5.41, 5.74) is -0.466. The molecule has 1 fully saturated rings. The van der Waals surface area contributed by atoms with Crippen LogP contribution >= 0.6 is 0 Å². The minimum absolute atomic E-state index is 0.0530. The van der Waals surface area contributed by atoms with Gasteiger partial charge in [0.25, 0.3) is 0 Å². The van der Waals surface area contributed by atoms with E-state index in [1.54, 1.807) is 6.07 Å². The summed E-state index contributed by atoms with van der Waals surface area (Å²) in [6, 6.07) is 8.22. The summed E-state index contributed by atoms with van der Waals surface area (Å²) < 4.78 is 20.8. The first kappa shape index (κ1) is 18.2. The summed E-state index contributed by atoms with van der Waals surface area (Å²) in [5.74, 6) is -0.672. The number of phenols is 2. The number of fused-ring (bicyclic) bond motifs is 1. The highest BCUT2D eigenvalue weighted by atomic mass is 16.7. The molecule has 3 N–H and O–H groups in total. The Labute approximate surface area is 160 Å². The second-order valence-corrected chi connectivity index (χ2v) is 6.95. The van der Waals surface area contributed by atoms with Gasteiger partial charge < -0.3 is 34.3 Å². The molecule has 0 radical (unpaired) electrons. The summed E-state index contributed by atoms with van der Waals surface area (Å²) in [4.78, 5) is 12.3. The molecule has 8 nitrogen and oxygen atoms in total. The number of carbonyl (C=O) groups is 1. The van der Waals surface area contributed by atoms with E-state index in [9.17, 15) is 20.1 Å². The normalized spacial score (nSPS) is 22.9. The molecular weight excluding hydrogens is 368 g/mol. The lowest BCUT2D eigenvalue weighted by Crippen LogP contribution is -2.44. The van der Waals surface area contributed by atoms with Crippen molar-refractivity contribution in [3.8, 4) is 28.7 Å². The van der Waals surface area contributed by atoms with Crippen LogP contribution in [0, 0.1) is 5.92 Å². The molecule has 2 aliphatic heterocycles. The number of aliphatic hydroxyl groups is 1. The molecule has 1 saturated heterocycles. The summed E-state index contributed by atoms with van der Waals surface area (Å²) in [6.45, 7) is 0.241. The van der Waals surface area contributed by atoms with Crippen molar-refractivity contribution < 1.29 is 39.1 Å². The Balaban J connectivity index is 1.59. The minimum atomic E-state index is -1.77. The second-order valence-electron chi connectivity index (χ2n) is 6.95. The molecule has 2 heterocycles. The van der Waals surface area contributed by atoms with Crippen LogP contribution in [0.4, 0.5) is 0 Å². The van der Waals surface area contributed by atoms with Crippen molar-refractivity contribution in [1.29, 1.82) is 0 Å². The molecule has 2 aromatic carbocycles.